The number of carbonyl (C=O) groups excluding carboxylic acids is 1. The molecule has 0 radical (unpaired) electrons. The van der Waals surface area contributed by atoms with E-state index in [9.17, 15) is 9.59 Å². The number of benzene rings is 3. The van der Waals surface area contributed by atoms with Crippen molar-refractivity contribution >= 4 is 29.0 Å². The monoisotopic (exact) mass is 539 g/mol. The summed E-state index contributed by atoms with van der Waals surface area (Å²) in [6.07, 6.45) is 2.78. The number of anilines is 1. The van der Waals surface area contributed by atoms with Crippen molar-refractivity contribution in [2.24, 2.45) is 4.99 Å². The molecule has 0 bridgehead atoms. The number of para-hydroxylation sites is 1. The van der Waals surface area contributed by atoms with Gasteiger partial charge in [0.2, 0.25) is 0 Å². The van der Waals surface area contributed by atoms with Crippen LogP contribution in [0.3, 0.4) is 0 Å². The lowest BCUT2D eigenvalue weighted by atomic mass is 9.95. The Morgan fingerprint density at radius 1 is 1.05 bits per heavy atom. The summed E-state index contributed by atoms with van der Waals surface area (Å²) >= 11 is 1.30. The van der Waals surface area contributed by atoms with Crippen LogP contribution in [0.4, 0.5) is 5.69 Å². The minimum absolute atomic E-state index is 0.213. The van der Waals surface area contributed by atoms with E-state index in [0.29, 0.717) is 38.6 Å². The molecule has 8 heteroatoms. The van der Waals surface area contributed by atoms with E-state index in [0.717, 1.165) is 23.3 Å². The molecule has 198 valence electrons. The van der Waals surface area contributed by atoms with Gasteiger partial charge in [-0.2, -0.15) is 0 Å². The van der Waals surface area contributed by atoms with Crippen molar-refractivity contribution in [3.05, 3.63) is 121 Å². The quantitative estimate of drug-likeness (QED) is 0.353. The van der Waals surface area contributed by atoms with E-state index < -0.39 is 6.04 Å². The Labute approximate surface area is 230 Å². The summed E-state index contributed by atoms with van der Waals surface area (Å²) in [7, 11) is 1.59. The van der Waals surface area contributed by atoms with Crippen molar-refractivity contribution in [3.8, 4) is 11.5 Å². The molecular formula is C31H29N3O4S. The summed E-state index contributed by atoms with van der Waals surface area (Å²) in [4.78, 5) is 32.8. The lowest BCUT2D eigenvalue weighted by molar-refractivity contribution is -0.113. The first-order chi connectivity index (χ1) is 19.0. The number of carbonyl (C=O) groups is 1. The van der Waals surface area contributed by atoms with Crippen LogP contribution in [0.5, 0.6) is 11.5 Å². The third-order valence-corrected chi connectivity index (χ3v) is 7.34. The number of methoxy groups -OCH3 is 1. The first-order valence-corrected chi connectivity index (χ1v) is 13.6. The fourth-order valence-electron chi connectivity index (χ4n) is 4.49. The second-order valence-corrected chi connectivity index (χ2v) is 10.1. The summed E-state index contributed by atoms with van der Waals surface area (Å²) in [5, 5.41) is 2.97. The van der Waals surface area contributed by atoms with Crippen LogP contribution >= 0.6 is 11.3 Å². The Hall–Kier alpha value is -4.43. The highest BCUT2D eigenvalue weighted by Crippen LogP contribution is 2.32. The van der Waals surface area contributed by atoms with Gasteiger partial charge in [-0.1, -0.05) is 60.7 Å². The summed E-state index contributed by atoms with van der Waals surface area (Å²) in [5.74, 6) is 1.11. The number of nitrogens with zero attached hydrogens (tertiary/aromatic N) is 2. The van der Waals surface area contributed by atoms with Crippen LogP contribution < -0.4 is 29.7 Å². The predicted octanol–water partition coefficient (Wildman–Crippen LogP) is 4.67. The van der Waals surface area contributed by atoms with Gasteiger partial charge in [-0.05, 0) is 66.9 Å². The topological polar surface area (TPSA) is 81.9 Å². The minimum Gasteiger partial charge on any atom is -0.497 e. The molecule has 2 heterocycles. The van der Waals surface area contributed by atoms with Crippen LogP contribution in [-0.4, -0.2) is 24.2 Å². The molecule has 4 aromatic rings. The zero-order valence-corrected chi connectivity index (χ0v) is 22.8. The van der Waals surface area contributed by atoms with E-state index in [1.165, 1.54) is 11.3 Å². The largest absolute Gasteiger partial charge is 0.497 e. The second kappa shape index (κ2) is 11.5. The maximum Gasteiger partial charge on any atom is 0.271 e. The van der Waals surface area contributed by atoms with Gasteiger partial charge in [0.05, 0.1) is 35.6 Å². The Bertz CT molecular complexity index is 1700. The predicted molar refractivity (Wildman–Crippen MR) is 154 cm³/mol. The molecular weight excluding hydrogens is 510 g/mol. The van der Waals surface area contributed by atoms with Crippen LogP contribution in [0.15, 0.2) is 99.9 Å². The summed E-state index contributed by atoms with van der Waals surface area (Å²) in [6, 6.07) is 23.6. The Morgan fingerprint density at radius 2 is 1.82 bits per heavy atom. The average molecular weight is 540 g/mol. The summed E-state index contributed by atoms with van der Waals surface area (Å²) in [6.45, 7) is 4.52. The van der Waals surface area contributed by atoms with Gasteiger partial charge in [-0.25, -0.2) is 4.99 Å². The second-order valence-electron chi connectivity index (χ2n) is 9.10. The molecule has 0 unspecified atom stereocenters. The van der Waals surface area contributed by atoms with Gasteiger partial charge in [0.1, 0.15) is 11.5 Å². The first-order valence-electron chi connectivity index (χ1n) is 12.7. The highest BCUT2D eigenvalue weighted by atomic mass is 32.1. The van der Waals surface area contributed by atoms with Gasteiger partial charge < -0.3 is 14.8 Å². The van der Waals surface area contributed by atoms with Crippen LogP contribution in [-0.2, 0) is 4.79 Å². The molecule has 1 N–H and O–H groups in total. The number of thiazole rings is 1. The molecule has 7 nitrogen and oxygen atoms in total. The maximum atomic E-state index is 13.9. The van der Waals surface area contributed by atoms with Crippen molar-refractivity contribution in [3.63, 3.8) is 0 Å². The van der Waals surface area contributed by atoms with Crippen LogP contribution in [0.1, 0.15) is 37.4 Å². The van der Waals surface area contributed by atoms with E-state index in [1.807, 2.05) is 84.9 Å². The fourth-order valence-corrected chi connectivity index (χ4v) is 5.54. The molecule has 1 amide bonds. The van der Waals surface area contributed by atoms with Gasteiger partial charge in [0.15, 0.2) is 4.80 Å². The molecule has 1 aliphatic rings. The highest BCUT2D eigenvalue weighted by Gasteiger charge is 2.32. The van der Waals surface area contributed by atoms with Gasteiger partial charge in [0, 0.05) is 5.69 Å². The Kier molecular flexibility index (Phi) is 7.74. The molecule has 0 fully saturated rings. The van der Waals surface area contributed by atoms with Gasteiger partial charge >= 0.3 is 0 Å². The number of hydrogen-bond donors (Lipinski definition) is 1. The van der Waals surface area contributed by atoms with Crippen molar-refractivity contribution < 1.29 is 14.3 Å². The first kappa shape index (κ1) is 26.2. The SMILES string of the molecule is CCCOc1ccc(/C=c2\sc3n(c2=O)[C@@H](c2cccc(OC)c2)C(C(=O)Nc2ccccc2)=C(C)N=3)cc1. The van der Waals surface area contributed by atoms with Gasteiger partial charge in [-0.15, -0.1) is 0 Å². The smallest absolute Gasteiger partial charge is 0.271 e. The van der Waals surface area contributed by atoms with Crippen LogP contribution in [0.2, 0.25) is 0 Å². The van der Waals surface area contributed by atoms with Gasteiger partial charge in [-0.3, -0.25) is 14.2 Å². The standard InChI is InChI=1S/C31H29N3O4S/c1-4-17-38-24-15-13-21(14-16-24)18-26-30(36)34-28(22-9-8-12-25(19-22)37-3)27(20(2)32-31(34)39-26)29(35)33-23-10-6-5-7-11-23/h5-16,18-19,28H,4,17H2,1-3H3,(H,33,35)/b26-18-/t28-/m0/s1. The number of hydrogen-bond acceptors (Lipinski definition) is 6. The maximum absolute atomic E-state index is 13.9. The Morgan fingerprint density at radius 3 is 2.54 bits per heavy atom. The number of fused-ring (bicyclic) bond motifs is 1. The third kappa shape index (κ3) is 5.56. The molecule has 0 aliphatic carbocycles. The molecule has 1 atom stereocenters. The van der Waals surface area contributed by atoms with E-state index >= 15 is 0 Å². The normalized spacial score (nSPS) is 14.9. The number of aromatic nitrogens is 1. The van der Waals surface area contributed by atoms with E-state index in [4.69, 9.17) is 14.5 Å². The van der Waals surface area contributed by atoms with Crippen molar-refractivity contribution in [1.29, 1.82) is 0 Å². The number of nitrogens with one attached hydrogen (secondary N) is 1. The average Bonchev–Trinajstić information content (AvgIpc) is 3.26. The lowest BCUT2D eigenvalue weighted by Crippen LogP contribution is -2.40. The molecule has 0 spiro atoms. The van der Waals surface area contributed by atoms with E-state index in [-0.39, 0.29) is 11.5 Å². The van der Waals surface area contributed by atoms with E-state index in [1.54, 1.807) is 18.6 Å². The molecule has 0 saturated carbocycles. The molecule has 1 aliphatic heterocycles. The molecule has 3 aromatic carbocycles. The van der Waals surface area contributed by atoms with Crippen LogP contribution in [0.25, 0.3) is 6.08 Å². The van der Waals surface area contributed by atoms with Crippen molar-refractivity contribution in [1.82, 2.24) is 4.57 Å². The minimum atomic E-state index is -0.674. The molecule has 39 heavy (non-hydrogen) atoms. The zero-order chi connectivity index (χ0) is 27.4. The van der Waals surface area contributed by atoms with Gasteiger partial charge in [0.25, 0.3) is 11.5 Å². The molecule has 1 aromatic heterocycles. The fraction of sp³-hybridized carbons (Fsp3) is 0.194. The third-order valence-electron chi connectivity index (χ3n) is 6.36. The number of amides is 1. The number of ether oxygens (including phenoxy) is 2. The van der Waals surface area contributed by atoms with E-state index in [2.05, 4.69) is 12.2 Å². The number of allylic oxidation sites excluding steroid dienone is 1. The highest BCUT2D eigenvalue weighted by molar-refractivity contribution is 7.07. The van der Waals surface area contributed by atoms with Crippen LogP contribution in [0, 0.1) is 0 Å². The zero-order valence-electron chi connectivity index (χ0n) is 22.0. The molecule has 5 rings (SSSR count). The Balaban J connectivity index is 1.61. The summed E-state index contributed by atoms with van der Waals surface area (Å²) < 4.78 is 13.3. The summed E-state index contributed by atoms with van der Waals surface area (Å²) in [5.41, 5.74) is 3.04. The van der Waals surface area contributed by atoms with Crippen molar-refractivity contribution in [2.45, 2.75) is 26.3 Å². The molecule has 0 saturated heterocycles. The lowest BCUT2D eigenvalue weighted by Gasteiger charge is -2.25. The van der Waals surface area contributed by atoms with Crippen molar-refractivity contribution in [2.75, 3.05) is 19.0 Å². The number of rotatable bonds is 8.